The fourth-order valence-corrected chi connectivity index (χ4v) is 5.77. The maximum absolute atomic E-state index is 13.8. The first-order chi connectivity index (χ1) is 22.0. The van der Waals surface area contributed by atoms with Crippen LogP contribution in [0.5, 0.6) is 11.9 Å². The first-order valence-electron chi connectivity index (χ1n) is 14.6. The summed E-state index contributed by atoms with van der Waals surface area (Å²) in [5.41, 5.74) is 4.40. The number of hydrogen-bond acceptors (Lipinski definition) is 6. The van der Waals surface area contributed by atoms with Gasteiger partial charge in [-0.3, -0.25) is 4.79 Å². The van der Waals surface area contributed by atoms with Crippen LogP contribution in [0.15, 0.2) is 115 Å². The number of amides is 1. The maximum Gasteiger partial charge on any atom is 0.326 e. The Kier molecular flexibility index (Phi) is 9.03. The van der Waals surface area contributed by atoms with Crippen LogP contribution < -0.4 is 9.47 Å². The Morgan fingerprint density at radius 1 is 0.800 bits per heavy atom. The molecule has 0 unspecified atom stereocenters. The molecule has 0 saturated carbocycles. The molecule has 0 bridgehead atoms. The smallest absolute Gasteiger partial charge is 0.326 e. The topological polar surface area (TPSA) is 102 Å². The fourth-order valence-electron chi connectivity index (χ4n) is 5.51. The zero-order chi connectivity index (χ0) is 31.2. The Morgan fingerprint density at radius 2 is 1.42 bits per heavy atom. The van der Waals surface area contributed by atoms with E-state index in [0.29, 0.717) is 41.5 Å². The lowest BCUT2D eigenvalue weighted by molar-refractivity contribution is -0.141. The summed E-state index contributed by atoms with van der Waals surface area (Å²) in [5.74, 6) is -1.08. The SMILES string of the molecule is O=C(O)[C@@H]1CC[C@H](c2ccccc2Cl)N1C(=O)c1ccc(-c2cnc(OCc3ccccc3)nc2OCc2ccccc2)cc1. The van der Waals surface area contributed by atoms with Crippen LogP contribution in [0.4, 0.5) is 0 Å². The molecule has 0 radical (unpaired) electrons. The van der Waals surface area contributed by atoms with E-state index in [4.69, 9.17) is 21.1 Å². The Morgan fingerprint density at radius 3 is 2.07 bits per heavy atom. The first-order valence-corrected chi connectivity index (χ1v) is 15.0. The van der Waals surface area contributed by atoms with E-state index in [1.807, 2.05) is 78.9 Å². The van der Waals surface area contributed by atoms with E-state index in [-0.39, 0.29) is 18.5 Å². The van der Waals surface area contributed by atoms with Gasteiger partial charge in [-0.2, -0.15) is 4.98 Å². The average molecular weight is 620 g/mol. The number of carbonyl (C=O) groups is 2. The largest absolute Gasteiger partial charge is 0.480 e. The third-order valence-corrected chi connectivity index (χ3v) is 8.12. The summed E-state index contributed by atoms with van der Waals surface area (Å²) in [6, 6.07) is 32.4. The summed E-state index contributed by atoms with van der Waals surface area (Å²) in [6.07, 6.45) is 2.48. The van der Waals surface area contributed by atoms with Crippen molar-refractivity contribution in [2.75, 3.05) is 0 Å². The quantitative estimate of drug-likeness (QED) is 0.174. The molecule has 1 aromatic heterocycles. The second-order valence-corrected chi connectivity index (χ2v) is 11.1. The van der Waals surface area contributed by atoms with E-state index >= 15 is 0 Å². The van der Waals surface area contributed by atoms with Crippen molar-refractivity contribution in [3.8, 4) is 23.0 Å². The van der Waals surface area contributed by atoms with Crippen molar-refractivity contribution >= 4 is 23.5 Å². The van der Waals surface area contributed by atoms with Gasteiger partial charge in [0, 0.05) is 16.8 Å². The third-order valence-electron chi connectivity index (χ3n) is 7.77. The number of rotatable bonds is 10. The lowest BCUT2D eigenvalue weighted by Crippen LogP contribution is -2.41. The van der Waals surface area contributed by atoms with Crippen molar-refractivity contribution in [2.24, 2.45) is 0 Å². The van der Waals surface area contributed by atoms with Crippen molar-refractivity contribution in [2.45, 2.75) is 38.1 Å². The van der Waals surface area contributed by atoms with Gasteiger partial charge in [-0.1, -0.05) is 103 Å². The van der Waals surface area contributed by atoms with E-state index in [1.165, 1.54) is 4.90 Å². The number of carboxylic acids is 1. The second-order valence-electron chi connectivity index (χ2n) is 10.7. The van der Waals surface area contributed by atoms with Crippen molar-refractivity contribution < 1.29 is 24.2 Å². The molecule has 2 heterocycles. The van der Waals surface area contributed by atoms with E-state index in [9.17, 15) is 14.7 Å². The van der Waals surface area contributed by atoms with Gasteiger partial charge >= 0.3 is 12.0 Å². The Bertz CT molecular complexity index is 1780. The van der Waals surface area contributed by atoms with Gasteiger partial charge in [-0.15, -0.1) is 0 Å². The molecule has 5 aromatic rings. The lowest BCUT2D eigenvalue weighted by atomic mass is 10.0. The third kappa shape index (κ3) is 6.81. The van der Waals surface area contributed by atoms with Gasteiger partial charge in [0.2, 0.25) is 5.88 Å². The standard InChI is InChI=1S/C36H30ClN3O5/c37-30-14-8-7-13-28(30)31-19-20-32(35(42)43)40(31)34(41)27-17-15-26(16-18-27)29-21-38-36(45-23-25-11-5-2-6-12-25)39-33(29)44-22-24-9-3-1-4-10-24/h1-18,21,31-32H,19-20,22-23H2,(H,42,43)/t31-,32+/m1/s1. The molecule has 0 spiro atoms. The van der Waals surface area contributed by atoms with Gasteiger partial charge in [-0.05, 0) is 53.3 Å². The van der Waals surface area contributed by atoms with Crippen molar-refractivity contribution in [1.82, 2.24) is 14.9 Å². The number of aromatic nitrogens is 2. The van der Waals surface area contributed by atoms with Crippen LogP contribution in [0.3, 0.4) is 0 Å². The normalized spacial score (nSPS) is 15.9. The predicted octanol–water partition coefficient (Wildman–Crippen LogP) is 7.39. The molecule has 1 fully saturated rings. The number of carboxylic acid groups (broad SMARTS) is 1. The van der Waals surface area contributed by atoms with E-state index in [2.05, 4.69) is 9.97 Å². The van der Waals surface area contributed by atoms with Crippen LogP contribution >= 0.6 is 11.6 Å². The Balaban J connectivity index is 1.27. The molecule has 1 saturated heterocycles. The average Bonchev–Trinajstić information content (AvgIpc) is 3.53. The minimum Gasteiger partial charge on any atom is -0.480 e. The van der Waals surface area contributed by atoms with Crippen molar-refractivity contribution in [3.63, 3.8) is 0 Å². The summed E-state index contributed by atoms with van der Waals surface area (Å²) in [6.45, 7) is 0.590. The van der Waals surface area contributed by atoms with Crippen LogP contribution in [0.1, 0.15) is 45.9 Å². The van der Waals surface area contributed by atoms with Gasteiger partial charge < -0.3 is 19.5 Å². The minimum atomic E-state index is -1.04. The zero-order valence-electron chi connectivity index (χ0n) is 24.3. The van der Waals surface area contributed by atoms with Gasteiger partial charge in [0.15, 0.2) is 0 Å². The molecule has 6 rings (SSSR count). The van der Waals surface area contributed by atoms with Crippen molar-refractivity contribution in [1.29, 1.82) is 0 Å². The highest BCUT2D eigenvalue weighted by Crippen LogP contribution is 2.40. The van der Waals surface area contributed by atoms with E-state index in [1.54, 1.807) is 36.5 Å². The molecule has 1 aliphatic heterocycles. The summed E-state index contributed by atoms with van der Waals surface area (Å²) < 4.78 is 12.0. The molecule has 1 amide bonds. The minimum absolute atomic E-state index is 0.178. The second kappa shape index (κ2) is 13.6. The predicted molar refractivity (Wildman–Crippen MR) is 170 cm³/mol. The highest BCUT2D eigenvalue weighted by Gasteiger charge is 2.42. The van der Waals surface area contributed by atoms with Crippen molar-refractivity contribution in [3.05, 3.63) is 143 Å². The number of carbonyl (C=O) groups excluding carboxylic acids is 1. The molecular weight excluding hydrogens is 590 g/mol. The monoisotopic (exact) mass is 619 g/mol. The zero-order valence-corrected chi connectivity index (χ0v) is 25.0. The number of aliphatic carboxylic acids is 1. The molecular formula is C36H30ClN3O5. The van der Waals surface area contributed by atoms with Gasteiger partial charge in [0.1, 0.15) is 19.3 Å². The van der Waals surface area contributed by atoms with E-state index < -0.39 is 18.1 Å². The number of halogens is 1. The summed E-state index contributed by atoms with van der Waals surface area (Å²) >= 11 is 6.46. The molecule has 8 nitrogen and oxygen atoms in total. The first kappa shape index (κ1) is 29.8. The Labute approximate surface area is 265 Å². The van der Waals surface area contributed by atoms with Crippen LogP contribution in [0.25, 0.3) is 11.1 Å². The molecule has 1 aliphatic rings. The molecule has 1 N–H and O–H groups in total. The number of nitrogens with zero attached hydrogens (tertiary/aromatic N) is 3. The summed E-state index contributed by atoms with van der Waals surface area (Å²) in [4.78, 5) is 36.4. The molecule has 226 valence electrons. The van der Waals surface area contributed by atoms with E-state index in [0.717, 1.165) is 22.3 Å². The number of hydrogen-bond donors (Lipinski definition) is 1. The van der Waals surface area contributed by atoms with Gasteiger partial charge in [0.25, 0.3) is 5.91 Å². The highest BCUT2D eigenvalue weighted by atomic mass is 35.5. The van der Waals surface area contributed by atoms with Gasteiger partial charge in [-0.25, -0.2) is 9.78 Å². The number of ether oxygens (including phenoxy) is 2. The van der Waals surface area contributed by atoms with Crippen LogP contribution in [0, 0.1) is 0 Å². The molecule has 0 aliphatic carbocycles. The fraction of sp³-hybridized carbons (Fsp3) is 0.167. The Hall–Kier alpha value is -5.21. The number of benzene rings is 4. The maximum atomic E-state index is 13.8. The molecule has 4 aromatic carbocycles. The molecule has 45 heavy (non-hydrogen) atoms. The number of likely N-dealkylation sites (tertiary alicyclic amines) is 1. The van der Waals surface area contributed by atoms with Gasteiger partial charge in [0.05, 0.1) is 11.6 Å². The summed E-state index contributed by atoms with van der Waals surface area (Å²) in [5, 5.41) is 10.4. The lowest BCUT2D eigenvalue weighted by Gasteiger charge is -2.29. The van der Waals surface area contributed by atoms with Crippen LogP contribution in [0.2, 0.25) is 5.02 Å². The molecule has 2 atom stereocenters. The summed E-state index contributed by atoms with van der Waals surface area (Å²) in [7, 11) is 0. The van der Waals surface area contributed by atoms with Crippen LogP contribution in [-0.2, 0) is 18.0 Å². The van der Waals surface area contributed by atoms with Crippen LogP contribution in [-0.4, -0.2) is 37.9 Å². The highest BCUT2D eigenvalue weighted by molar-refractivity contribution is 6.31. The molecule has 9 heteroatoms.